The quantitative estimate of drug-likeness (QED) is 0.413. The highest BCUT2D eigenvalue weighted by atomic mass is 32.1. The highest BCUT2D eigenvalue weighted by Crippen LogP contribution is 2.21. The van der Waals surface area contributed by atoms with Crippen molar-refractivity contribution in [3.05, 3.63) is 45.1 Å². The van der Waals surface area contributed by atoms with Crippen LogP contribution in [0.15, 0.2) is 28.7 Å². The molecular weight excluding hydrogens is 380 g/mol. The molecule has 3 heterocycles. The van der Waals surface area contributed by atoms with Gasteiger partial charge in [-0.15, -0.1) is 5.10 Å². The molecule has 0 bridgehead atoms. The Hall–Kier alpha value is -2.30. The van der Waals surface area contributed by atoms with Crippen molar-refractivity contribution in [3.8, 4) is 0 Å². The zero-order valence-corrected chi connectivity index (χ0v) is 16.5. The molecular formula is C18H24N6O3S. The summed E-state index contributed by atoms with van der Waals surface area (Å²) in [6, 6.07) is 6.73. The zero-order valence-electron chi connectivity index (χ0n) is 15.7. The highest BCUT2D eigenvalue weighted by molar-refractivity contribution is 7.71. The van der Waals surface area contributed by atoms with Crippen molar-refractivity contribution in [1.29, 1.82) is 0 Å². The van der Waals surface area contributed by atoms with Crippen LogP contribution >= 0.6 is 12.2 Å². The van der Waals surface area contributed by atoms with Crippen LogP contribution in [-0.4, -0.2) is 63.8 Å². The fourth-order valence-electron chi connectivity index (χ4n) is 3.76. The van der Waals surface area contributed by atoms with Gasteiger partial charge in [0.1, 0.15) is 0 Å². The topological polar surface area (TPSA) is 83.8 Å². The lowest BCUT2D eigenvalue weighted by molar-refractivity contribution is -0.384. The Balaban J connectivity index is 1.31. The number of non-ortho nitro benzene ring substituents is 1. The van der Waals surface area contributed by atoms with Crippen LogP contribution in [0.5, 0.6) is 0 Å². The minimum absolute atomic E-state index is 0.118. The first kappa shape index (κ1) is 19.0. The van der Waals surface area contributed by atoms with Crippen LogP contribution in [0.4, 0.5) is 11.4 Å². The Kier molecular flexibility index (Phi) is 5.69. The summed E-state index contributed by atoms with van der Waals surface area (Å²) in [4.78, 5) is 17.7. The third-order valence-electron chi connectivity index (χ3n) is 5.34. The van der Waals surface area contributed by atoms with E-state index in [1.807, 2.05) is 12.1 Å². The number of nitrogens with zero attached hydrogens (tertiary/aromatic N) is 6. The van der Waals surface area contributed by atoms with Gasteiger partial charge >= 0.3 is 0 Å². The van der Waals surface area contributed by atoms with Crippen LogP contribution in [0.2, 0.25) is 0 Å². The van der Waals surface area contributed by atoms with E-state index in [1.54, 1.807) is 16.8 Å². The average molecular weight is 404 g/mol. The molecule has 4 rings (SSSR count). The monoisotopic (exact) mass is 404 g/mol. The maximum absolute atomic E-state index is 10.8. The summed E-state index contributed by atoms with van der Waals surface area (Å²) in [5, 5.41) is 15.3. The van der Waals surface area contributed by atoms with Crippen LogP contribution in [0.1, 0.15) is 18.7 Å². The van der Waals surface area contributed by atoms with Gasteiger partial charge in [0.15, 0.2) is 0 Å². The lowest BCUT2D eigenvalue weighted by Gasteiger charge is -2.35. The third kappa shape index (κ3) is 4.40. The van der Waals surface area contributed by atoms with Gasteiger partial charge in [0.2, 0.25) is 5.89 Å². The third-order valence-corrected chi connectivity index (χ3v) is 5.63. The summed E-state index contributed by atoms with van der Waals surface area (Å²) in [5.41, 5.74) is 1.13. The van der Waals surface area contributed by atoms with Crippen molar-refractivity contribution in [2.24, 2.45) is 0 Å². The van der Waals surface area contributed by atoms with Crippen molar-refractivity contribution in [3.63, 3.8) is 0 Å². The van der Waals surface area contributed by atoms with E-state index in [1.165, 1.54) is 12.8 Å². The minimum atomic E-state index is -0.374. The van der Waals surface area contributed by atoms with Crippen molar-refractivity contribution < 1.29 is 9.34 Å². The molecule has 2 aliphatic heterocycles. The van der Waals surface area contributed by atoms with Gasteiger partial charge < -0.3 is 9.32 Å². The predicted molar refractivity (Wildman–Crippen MR) is 107 cm³/mol. The first-order valence-corrected chi connectivity index (χ1v) is 10.0. The summed E-state index contributed by atoms with van der Waals surface area (Å²) in [6.45, 7) is 6.98. The number of anilines is 1. The normalized spacial score (nSPS) is 18.6. The van der Waals surface area contributed by atoms with Gasteiger partial charge in [-0.1, -0.05) is 0 Å². The first-order chi connectivity index (χ1) is 13.6. The zero-order chi connectivity index (χ0) is 19.5. The fourth-order valence-corrected chi connectivity index (χ4v) is 3.95. The molecule has 0 aliphatic carbocycles. The maximum atomic E-state index is 10.8. The molecule has 2 aromatic rings. The molecule has 0 spiro atoms. The molecule has 0 saturated carbocycles. The van der Waals surface area contributed by atoms with Gasteiger partial charge in [0, 0.05) is 44.0 Å². The number of hydrogen-bond acceptors (Lipinski definition) is 8. The standard InChI is InChI=1S/C18H24N6O3S/c25-24(26)16-5-3-15(4-6-16)22-11-9-21(10-12-22)14-23-18(28)27-17(19-23)13-20-7-1-2-8-20/h3-6H,1-2,7-14H2. The van der Waals surface area contributed by atoms with Crippen LogP contribution in [0.3, 0.4) is 0 Å². The number of likely N-dealkylation sites (tertiary alicyclic amines) is 1. The van der Waals surface area contributed by atoms with Gasteiger partial charge in [-0.05, 0) is 50.3 Å². The SMILES string of the molecule is O=[N+]([O-])c1ccc(N2CCN(Cn3nc(CN4CCCC4)oc3=S)CC2)cc1. The van der Waals surface area contributed by atoms with E-state index >= 15 is 0 Å². The second kappa shape index (κ2) is 8.38. The number of nitro benzene ring substituents is 1. The Morgan fingerprint density at radius 3 is 2.36 bits per heavy atom. The first-order valence-electron chi connectivity index (χ1n) is 9.59. The van der Waals surface area contributed by atoms with E-state index in [4.69, 9.17) is 16.6 Å². The summed E-state index contributed by atoms with van der Waals surface area (Å²) < 4.78 is 7.44. The van der Waals surface area contributed by atoms with Gasteiger partial charge in [-0.2, -0.15) is 0 Å². The van der Waals surface area contributed by atoms with E-state index in [0.717, 1.165) is 51.5 Å². The Morgan fingerprint density at radius 1 is 1.04 bits per heavy atom. The molecule has 1 aromatic carbocycles. The van der Waals surface area contributed by atoms with Gasteiger partial charge in [0.05, 0.1) is 18.1 Å². The molecule has 9 nitrogen and oxygen atoms in total. The van der Waals surface area contributed by atoms with Gasteiger partial charge in [-0.25, -0.2) is 4.68 Å². The largest absolute Gasteiger partial charge is 0.412 e. The average Bonchev–Trinajstić information content (AvgIpc) is 3.32. The van der Waals surface area contributed by atoms with E-state index < -0.39 is 0 Å². The number of hydrogen-bond donors (Lipinski definition) is 0. The molecule has 150 valence electrons. The molecule has 2 saturated heterocycles. The summed E-state index contributed by atoms with van der Waals surface area (Å²) in [6.07, 6.45) is 2.47. The smallest absolute Gasteiger partial charge is 0.288 e. The number of nitro groups is 1. The maximum Gasteiger partial charge on any atom is 0.288 e. The molecule has 1 aromatic heterocycles. The van der Waals surface area contributed by atoms with Crippen molar-refractivity contribution in [2.45, 2.75) is 26.1 Å². The Labute approximate surface area is 168 Å². The predicted octanol–water partition coefficient (Wildman–Crippen LogP) is 2.49. The highest BCUT2D eigenvalue weighted by Gasteiger charge is 2.20. The summed E-state index contributed by atoms with van der Waals surface area (Å²) in [7, 11) is 0. The molecule has 2 fully saturated rings. The van der Waals surface area contributed by atoms with Crippen LogP contribution < -0.4 is 4.90 Å². The number of aromatic nitrogens is 2. The lowest BCUT2D eigenvalue weighted by atomic mass is 10.2. The number of piperazine rings is 1. The van der Waals surface area contributed by atoms with Crippen LogP contribution in [-0.2, 0) is 13.2 Å². The van der Waals surface area contributed by atoms with Crippen molar-refractivity contribution >= 4 is 23.6 Å². The summed E-state index contributed by atoms with van der Waals surface area (Å²) in [5.74, 6) is 0.691. The summed E-state index contributed by atoms with van der Waals surface area (Å²) >= 11 is 5.34. The molecule has 0 radical (unpaired) electrons. The molecule has 28 heavy (non-hydrogen) atoms. The number of benzene rings is 1. The second-order valence-corrected chi connectivity index (χ2v) is 7.61. The molecule has 0 atom stereocenters. The molecule has 0 N–H and O–H groups in total. The van der Waals surface area contributed by atoms with E-state index in [2.05, 4.69) is 19.8 Å². The molecule has 2 aliphatic rings. The van der Waals surface area contributed by atoms with Crippen molar-refractivity contribution in [2.75, 3.05) is 44.2 Å². The van der Waals surface area contributed by atoms with Gasteiger partial charge in [-0.3, -0.25) is 19.9 Å². The van der Waals surface area contributed by atoms with E-state index in [9.17, 15) is 10.1 Å². The molecule has 10 heteroatoms. The lowest BCUT2D eigenvalue weighted by Crippen LogP contribution is -2.47. The fraction of sp³-hybridized carbons (Fsp3) is 0.556. The number of rotatable bonds is 6. The Bertz CT molecular complexity index is 866. The van der Waals surface area contributed by atoms with Crippen molar-refractivity contribution in [1.82, 2.24) is 19.6 Å². The van der Waals surface area contributed by atoms with E-state index in [-0.39, 0.29) is 10.6 Å². The Morgan fingerprint density at radius 2 is 1.71 bits per heavy atom. The van der Waals surface area contributed by atoms with Gasteiger partial charge in [0.25, 0.3) is 10.5 Å². The molecule has 0 unspecified atom stereocenters. The van der Waals surface area contributed by atoms with Crippen LogP contribution in [0, 0.1) is 15.0 Å². The second-order valence-electron chi connectivity index (χ2n) is 7.26. The minimum Gasteiger partial charge on any atom is -0.412 e. The molecule has 0 amide bonds. The van der Waals surface area contributed by atoms with Crippen LogP contribution in [0.25, 0.3) is 0 Å². The van der Waals surface area contributed by atoms with E-state index in [0.29, 0.717) is 17.4 Å².